The van der Waals surface area contributed by atoms with Gasteiger partial charge in [0.25, 0.3) is 0 Å². The van der Waals surface area contributed by atoms with Crippen LogP contribution in [-0.4, -0.2) is 45.1 Å². The number of hydrogen-bond donors (Lipinski definition) is 1. The van der Waals surface area contributed by atoms with E-state index in [1.807, 2.05) is 29.2 Å². The second-order valence-corrected chi connectivity index (χ2v) is 6.07. The number of carboxylic acids is 1. The lowest BCUT2D eigenvalue weighted by molar-refractivity contribution is -0.140. The van der Waals surface area contributed by atoms with Gasteiger partial charge in [0.2, 0.25) is 0 Å². The Morgan fingerprint density at radius 2 is 2.37 bits per heavy atom. The fourth-order valence-electron chi connectivity index (χ4n) is 2.00. The van der Waals surface area contributed by atoms with Crippen LogP contribution in [0.1, 0.15) is 11.1 Å². The summed E-state index contributed by atoms with van der Waals surface area (Å²) in [5.74, 6) is 1.08. The molecule has 102 valence electrons. The molecule has 0 spiro atoms. The molecule has 1 aliphatic rings. The van der Waals surface area contributed by atoms with Gasteiger partial charge in [-0.3, -0.25) is 0 Å². The molecule has 1 unspecified atom stereocenters. The van der Waals surface area contributed by atoms with E-state index in [4.69, 9.17) is 23.8 Å². The van der Waals surface area contributed by atoms with Gasteiger partial charge >= 0.3 is 5.97 Å². The Hall–Kier alpha value is -0.780. The third kappa shape index (κ3) is 3.41. The van der Waals surface area contributed by atoms with Gasteiger partial charge in [-0.2, -0.15) is 11.8 Å². The minimum absolute atomic E-state index is 0.425. The van der Waals surface area contributed by atoms with E-state index in [0.29, 0.717) is 23.2 Å². The zero-order valence-corrected chi connectivity index (χ0v) is 12.6. The van der Waals surface area contributed by atoms with Crippen LogP contribution in [-0.2, 0) is 10.7 Å². The molecule has 0 saturated carbocycles. The summed E-state index contributed by atoms with van der Waals surface area (Å²) in [5.41, 5.74) is 1.85. The molecule has 0 bridgehead atoms. The van der Waals surface area contributed by atoms with Crippen LogP contribution in [0.25, 0.3) is 0 Å². The molecule has 0 amide bonds. The molecule has 0 radical (unpaired) electrons. The van der Waals surface area contributed by atoms with E-state index in [-0.39, 0.29) is 0 Å². The fraction of sp³-hybridized carbons (Fsp3) is 0.385. The van der Waals surface area contributed by atoms with Gasteiger partial charge in [0.05, 0.1) is 0 Å². The number of carbonyl (C=O) groups is 1. The van der Waals surface area contributed by atoms with Crippen molar-refractivity contribution >= 4 is 46.5 Å². The van der Waals surface area contributed by atoms with Gasteiger partial charge in [0.1, 0.15) is 11.0 Å². The number of thiocarbonyl (C=S) groups is 1. The molecule has 1 aliphatic heterocycles. The number of aliphatic carboxylic acids is 1. The van der Waals surface area contributed by atoms with E-state index in [2.05, 4.69) is 0 Å². The summed E-state index contributed by atoms with van der Waals surface area (Å²) in [5, 5.41) is 9.27. The molecule has 1 heterocycles. The van der Waals surface area contributed by atoms with Gasteiger partial charge in [-0.05, 0) is 11.6 Å². The summed E-state index contributed by atoms with van der Waals surface area (Å²) in [6, 6.07) is 7.12. The SMILES string of the molecule is O=C(O)C1CSCCN1C(=S)c1cccc(CCl)c1. The van der Waals surface area contributed by atoms with Crippen molar-refractivity contribution in [3.05, 3.63) is 35.4 Å². The quantitative estimate of drug-likeness (QED) is 0.686. The topological polar surface area (TPSA) is 40.5 Å². The van der Waals surface area contributed by atoms with Crippen molar-refractivity contribution in [1.82, 2.24) is 4.90 Å². The molecule has 1 atom stereocenters. The average molecular weight is 316 g/mol. The van der Waals surface area contributed by atoms with Crippen molar-refractivity contribution in [2.45, 2.75) is 11.9 Å². The Labute approximate surface area is 126 Å². The third-order valence-corrected chi connectivity index (χ3v) is 4.80. The summed E-state index contributed by atoms with van der Waals surface area (Å²) in [6.45, 7) is 0.672. The van der Waals surface area contributed by atoms with Gasteiger partial charge in [0.15, 0.2) is 0 Å². The fourth-order valence-corrected chi connectivity index (χ4v) is 3.55. The van der Waals surface area contributed by atoms with E-state index < -0.39 is 12.0 Å². The van der Waals surface area contributed by atoms with E-state index >= 15 is 0 Å². The first kappa shape index (κ1) is 14.6. The highest BCUT2D eigenvalue weighted by molar-refractivity contribution is 7.99. The smallest absolute Gasteiger partial charge is 0.327 e. The van der Waals surface area contributed by atoms with Gasteiger partial charge in [-0.25, -0.2) is 4.79 Å². The molecular weight excluding hydrogens is 302 g/mol. The van der Waals surface area contributed by atoms with Crippen LogP contribution in [0.3, 0.4) is 0 Å². The van der Waals surface area contributed by atoms with Crippen LogP contribution in [0.5, 0.6) is 0 Å². The number of halogens is 1. The number of alkyl halides is 1. The van der Waals surface area contributed by atoms with Crippen molar-refractivity contribution in [3.63, 3.8) is 0 Å². The van der Waals surface area contributed by atoms with Gasteiger partial charge in [-0.15, -0.1) is 11.6 Å². The first-order chi connectivity index (χ1) is 9.13. The van der Waals surface area contributed by atoms with Gasteiger partial charge < -0.3 is 10.0 Å². The maximum absolute atomic E-state index is 11.3. The Bertz CT molecular complexity index is 495. The lowest BCUT2D eigenvalue weighted by Gasteiger charge is -2.34. The Balaban J connectivity index is 2.23. The highest BCUT2D eigenvalue weighted by atomic mass is 35.5. The van der Waals surface area contributed by atoms with Crippen molar-refractivity contribution < 1.29 is 9.90 Å². The molecule has 19 heavy (non-hydrogen) atoms. The number of rotatable bonds is 3. The monoisotopic (exact) mass is 315 g/mol. The second kappa shape index (κ2) is 6.59. The highest BCUT2D eigenvalue weighted by Crippen LogP contribution is 2.21. The Morgan fingerprint density at radius 3 is 3.05 bits per heavy atom. The maximum atomic E-state index is 11.3. The van der Waals surface area contributed by atoms with Crippen LogP contribution in [0.2, 0.25) is 0 Å². The third-order valence-electron chi connectivity index (χ3n) is 3.00. The molecule has 2 rings (SSSR count). The molecule has 1 N–H and O–H groups in total. The van der Waals surface area contributed by atoms with Crippen LogP contribution in [0, 0.1) is 0 Å². The average Bonchev–Trinajstić information content (AvgIpc) is 2.46. The Morgan fingerprint density at radius 1 is 1.58 bits per heavy atom. The first-order valence-corrected chi connectivity index (χ1v) is 7.99. The van der Waals surface area contributed by atoms with Crippen molar-refractivity contribution in [1.29, 1.82) is 0 Å². The molecule has 0 aromatic heterocycles. The number of benzene rings is 1. The van der Waals surface area contributed by atoms with E-state index in [1.54, 1.807) is 11.8 Å². The first-order valence-electron chi connectivity index (χ1n) is 5.90. The van der Waals surface area contributed by atoms with Crippen molar-refractivity contribution in [2.24, 2.45) is 0 Å². The summed E-state index contributed by atoms with van der Waals surface area (Å²) in [4.78, 5) is 13.7. The minimum atomic E-state index is -0.817. The predicted octanol–water partition coefficient (Wildman–Crippen LogP) is 2.60. The zero-order valence-electron chi connectivity index (χ0n) is 10.2. The number of thioether (sulfide) groups is 1. The van der Waals surface area contributed by atoms with E-state index in [0.717, 1.165) is 16.9 Å². The summed E-state index contributed by atoms with van der Waals surface area (Å²) < 4.78 is 0. The van der Waals surface area contributed by atoms with Gasteiger partial charge in [0, 0.05) is 29.5 Å². The molecule has 1 aromatic carbocycles. The zero-order chi connectivity index (χ0) is 13.8. The Kier molecular flexibility index (Phi) is 5.07. The maximum Gasteiger partial charge on any atom is 0.327 e. The molecule has 1 fully saturated rings. The minimum Gasteiger partial charge on any atom is -0.480 e. The van der Waals surface area contributed by atoms with Crippen molar-refractivity contribution in [2.75, 3.05) is 18.1 Å². The summed E-state index contributed by atoms with van der Waals surface area (Å²) >= 11 is 12.9. The van der Waals surface area contributed by atoms with E-state index in [9.17, 15) is 9.90 Å². The lowest BCUT2D eigenvalue weighted by Crippen LogP contribution is -2.49. The summed E-state index contributed by atoms with van der Waals surface area (Å²) in [6.07, 6.45) is 0. The lowest BCUT2D eigenvalue weighted by atomic mass is 10.1. The molecular formula is C13H14ClNO2S2. The highest BCUT2D eigenvalue weighted by Gasteiger charge is 2.30. The van der Waals surface area contributed by atoms with Crippen molar-refractivity contribution in [3.8, 4) is 0 Å². The normalized spacial score (nSPS) is 19.2. The van der Waals surface area contributed by atoms with Crippen LogP contribution in [0.15, 0.2) is 24.3 Å². The van der Waals surface area contributed by atoms with Crippen LogP contribution < -0.4 is 0 Å². The number of carboxylic acid groups (broad SMARTS) is 1. The number of hydrogen-bond acceptors (Lipinski definition) is 3. The number of nitrogens with zero attached hydrogens (tertiary/aromatic N) is 1. The molecule has 1 saturated heterocycles. The van der Waals surface area contributed by atoms with Crippen LogP contribution >= 0.6 is 35.6 Å². The second-order valence-electron chi connectivity index (χ2n) is 4.26. The van der Waals surface area contributed by atoms with Gasteiger partial charge in [-0.1, -0.05) is 30.4 Å². The van der Waals surface area contributed by atoms with Crippen LogP contribution in [0.4, 0.5) is 0 Å². The van der Waals surface area contributed by atoms with E-state index in [1.165, 1.54) is 0 Å². The predicted molar refractivity (Wildman–Crippen MR) is 83.2 cm³/mol. The largest absolute Gasteiger partial charge is 0.480 e. The molecule has 3 nitrogen and oxygen atoms in total. The summed E-state index contributed by atoms with van der Waals surface area (Å²) in [7, 11) is 0. The molecule has 6 heteroatoms. The molecule has 1 aromatic rings. The molecule has 0 aliphatic carbocycles. The standard InChI is InChI=1S/C13H14ClNO2S2/c14-7-9-2-1-3-10(6-9)12(18)15-4-5-19-8-11(15)13(16)17/h1-3,6,11H,4-5,7-8H2,(H,16,17).